The average Bonchev–Trinajstić information content (AvgIpc) is 2.66. The summed E-state index contributed by atoms with van der Waals surface area (Å²) in [6.07, 6.45) is 4.56. The fraction of sp³-hybridized carbons (Fsp3) is 0.350. The van der Waals surface area contributed by atoms with Gasteiger partial charge in [0.1, 0.15) is 6.04 Å². The van der Waals surface area contributed by atoms with Crippen molar-refractivity contribution >= 4 is 17.5 Å². The van der Waals surface area contributed by atoms with Crippen LogP contribution in [-0.2, 0) is 22.6 Å². The molecule has 0 bridgehead atoms. The van der Waals surface area contributed by atoms with Gasteiger partial charge in [-0.2, -0.15) is 0 Å². The molecule has 5 nitrogen and oxygen atoms in total. The van der Waals surface area contributed by atoms with E-state index < -0.39 is 6.04 Å². The van der Waals surface area contributed by atoms with Crippen LogP contribution in [0.4, 0.5) is 5.69 Å². The lowest BCUT2D eigenvalue weighted by Crippen LogP contribution is -2.52. The number of carbonyl (C=O) groups is 2. The van der Waals surface area contributed by atoms with Crippen LogP contribution in [0, 0.1) is 5.92 Å². The number of hydrogen-bond donors (Lipinski definition) is 1. The van der Waals surface area contributed by atoms with Crippen LogP contribution in [0.5, 0.6) is 0 Å². The van der Waals surface area contributed by atoms with Crippen LogP contribution in [0.25, 0.3) is 0 Å². The Labute approximate surface area is 148 Å². The molecule has 1 aliphatic rings. The third-order valence-electron chi connectivity index (χ3n) is 4.82. The summed E-state index contributed by atoms with van der Waals surface area (Å²) in [6, 6.07) is 11.0. The van der Waals surface area contributed by atoms with Crippen LogP contribution < -0.4 is 5.32 Å². The molecule has 1 aliphatic heterocycles. The highest BCUT2D eigenvalue weighted by Crippen LogP contribution is 2.26. The van der Waals surface area contributed by atoms with Crippen molar-refractivity contribution in [1.29, 1.82) is 0 Å². The van der Waals surface area contributed by atoms with Crippen molar-refractivity contribution in [1.82, 2.24) is 9.88 Å². The number of nitrogens with one attached hydrogen (secondary N) is 1. The summed E-state index contributed by atoms with van der Waals surface area (Å²) in [7, 11) is 0. The molecule has 1 aromatic carbocycles. The number of fused-ring (bicyclic) bond motifs is 1. The van der Waals surface area contributed by atoms with Crippen molar-refractivity contribution in [3.05, 3.63) is 59.9 Å². The number of rotatable bonds is 4. The summed E-state index contributed by atoms with van der Waals surface area (Å²) in [6.45, 7) is 4.39. The van der Waals surface area contributed by atoms with Gasteiger partial charge < -0.3 is 10.2 Å². The van der Waals surface area contributed by atoms with Crippen LogP contribution in [0.15, 0.2) is 48.8 Å². The number of nitrogens with zero attached hydrogens (tertiary/aromatic N) is 2. The Balaban J connectivity index is 1.87. The van der Waals surface area contributed by atoms with Gasteiger partial charge in [-0.3, -0.25) is 14.6 Å². The van der Waals surface area contributed by atoms with Crippen LogP contribution in [0.3, 0.4) is 0 Å². The summed E-state index contributed by atoms with van der Waals surface area (Å²) >= 11 is 0. The average molecular weight is 337 g/mol. The molecule has 5 heteroatoms. The molecule has 0 radical (unpaired) electrons. The topological polar surface area (TPSA) is 62.3 Å². The maximum absolute atomic E-state index is 12.9. The Morgan fingerprint density at radius 2 is 1.88 bits per heavy atom. The molecule has 3 rings (SSSR count). The fourth-order valence-electron chi connectivity index (χ4n) is 3.11. The van der Waals surface area contributed by atoms with Gasteiger partial charge in [-0.05, 0) is 29.7 Å². The van der Waals surface area contributed by atoms with Gasteiger partial charge in [0.2, 0.25) is 11.8 Å². The number of hydrogen-bond acceptors (Lipinski definition) is 3. The molecule has 0 saturated heterocycles. The highest BCUT2D eigenvalue weighted by molar-refractivity contribution is 5.97. The maximum Gasteiger partial charge on any atom is 0.247 e. The second kappa shape index (κ2) is 7.47. The van der Waals surface area contributed by atoms with Crippen LogP contribution in [0.1, 0.15) is 31.4 Å². The minimum atomic E-state index is -0.496. The first-order valence-electron chi connectivity index (χ1n) is 8.68. The van der Waals surface area contributed by atoms with Crippen LogP contribution in [-0.4, -0.2) is 27.7 Å². The van der Waals surface area contributed by atoms with E-state index >= 15 is 0 Å². The van der Waals surface area contributed by atoms with E-state index in [1.54, 1.807) is 29.4 Å². The molecule has 0 unspecified atom stereocenters. The lowest BCUT2D eigenvalue weighted by atomic mass is 9.92. The highest BCUT2D eigenvalue weighted by Gasteiger charge is 2.35. The van der Waals surface area contributed by atoms with E-state index in [0.717, 1.165) is 17.5 Å². The normalized spacial score (nSPS) is 17.5. The van der Waals surface area contributed by atoms with Gasteiger partial charge in [-0.25, -0.2) is 0 Å². The first-order chi connectivity index (χ1) is 12.1. The van der Waals surface area contributed by atoms with E-state index in [1.165, 1.54) is 0 Å². The minimum Gasteiger partial charge on any atom is -0.326 e. The second-order valence-electron chi connectivity index (χ2n) is 6.49. The second-order valence-corrected chi connectivity index (χ2v) is 6.49. The molecular weight excluding hydrogens is 314 g/mol. The number of pyridine rings is 1. The molecule has 2 heterocycles. The predicted molar refractivity (Wildman–Crippen MR) is 96.8 cm³/mol. The fourth-order valence-corrected chi connectivity index (χ4v) is 3.11. The highest BCUT2D eigenvalue weighted by atomic mass is 16.2. The van der Waals surface area contributed by atoms with Crippen molar-refractivity contribution in [3.8, 4) is 0 Å². The number of carbonyl (C=O) groups excluding carboxylic acids is 2. The lowest BCUT2D eigenvalue weighted by molar-refractivity contribution is -0.143. The Morgan fingerprint density at radius 3 is 2.56 bits per heavy atom. The van der Waals surface area contributed by atoms with Gasteiger partial charge in [0.05, 0.1) is 0 Å². The van der Waals surface area contributed by atoms with E-state index in [-0.39, 0.29) is 17.7 Å². The van der Waals surface area contributed by atoms with Gasteiger partial charge in [-0.1, -0.05) is 38.1 Å². The van der Waals surface area contributed by atoms with Gasteiger partial charge in [0.25, 0.3) is 0 Å². The van der Waals surface area contributed by atoms with Crippen molar-refractivity contribution in [2.45, 2.75) is 39.3 Å². The van der Waals surface area contributed by atoms with E-state index in [4.69, 9.17) is 0 Å². The Bertz CT molecular complexity index is 761. The first-order valence-corrected chi connectivity index (χ1v) is 8.68. The molecule has 0 aliphatic carbocycles. The smallest absolute Gasteiger partial charge is 0.247 e. The molecule has 0 fully saturated rings. The molecule has 25 heavy (non-hydrogen) atoms. The monoisotopic (exact) mass is 337 g/mol. The molecule has 130 valence electrons. The van der Waals surface area contributed by atoms with Crippen LogP contribution >= 0.6 is 0 Å². The van der Waals surface area contributed by atoms with Gasteiger partial charge in [0, 0.05) is 37.0 Å². The third-order valence-corrected chi connectivity index (χ3v) is 4.82. The molecule has 1 aromatic heterocycles. The Hall–Kier alpha value is -2.69. The summed E-state index contributed by atoms with van der Waals surface area (Å²) < 4.78 is 0. The molecule has 1 N–H and O–H groups in total. The molecule has 2 aromatic rings. The third kappa shape index (κ3) is 3.71. The molecule has 2 atom stereocenters. The van der Waals surface area contributed by atoms with Crippen molar-refractivity contribution in [3.63, 3.8) is 0 Å². The SMILES string of the molecule is CC[C@H](C)C(=O)N1Cc2ccccc2C[C@@H]1C(=O)Nc1ccncc1. The number of amides is 2. The molecule has 2 amide bonds. The molecule has 0 spiro atoms. The lowest BCUT2D eigenvalue weighted by Gasteiger charge is -2.37. The number of anilines is 1. The zero-order valence-electron chi connectivity index (χ0n) is 14.6. The van der Waals surface area contributed by atoms with Crippen molar-refractivity contribution in [2.24, 2.45) is 5.92 Å². The summed E-state index contributed by atoms with van der Waals surface area (Å²) in [5.74, 6) is -0.217. The number of benzene rings is 1. The van der Waals surface area contributed by atoms with E-state index in [1.807, 2.05) is 38.1 Å². The molecule has 0 saturated carbocycles. The van der Waals surface area contributed by atoms with E-state index in [0.29, 0.717) is 18.7 Å². The van der Waals surface area contributed by atoms with Crippen LogP contribution in [0.2, 0.25) is 0 Å². The zero-order chi connectivity index (χ0) is 17.8. The standard InChI is InChI=1S/C20H23N3O2/c1-3-14(2)20(25)23-13-16-7-5-4-6-15(16)12-18(23)19(24)22-17-8-10-21-11-9-17/h4-11,14,18H,3,12-13H2,1-2H3,(H,21,22,24)/t14-,18+/m0/s1. The van der Waals surface area contributed by atoms with Gasteiger partial charge in [0.15, 0.2) is 0 Å². The minimum absolute atomic E-state index is 0.0341. The van der Waals surface area contributed by atoms with E-state index in [9.17, 15) is 9.59 Å². The summed E-state index contributed by atoms with van der Waals surface area (Å²) in [5.41, 5.74) is 2.94. The largest absolute Gasteiger partial charge is 0.326 e. The first kappa shape index (κ1) is 17.1. The number of aromatic nitrogens is 1. The zero-order valence-corrected chi connectivity index (χ0v) is 14.6. The van der Waals surface area contributed by atoms with Crippen molar-refractivity contribution < 1.29 is 9.59 Å². The Kier molecular flexibility index (Phi) is 5.12. The summed E-state index contributed by atoms with van der Waals surface area (Å²) in [4.78, 5) is 31.4. The van der Waals surface area contributed by atoms with Gasteiger partial charge in [-0.15, -0.1) is 0 Å². The van der Waals surface area contributed by atoms with Gasteiger partial charge >= 0.3 is 0 Å². The summed E-state index contributed by atoms with van der Waals surface area (Å²) in [5, 5.41) is 2.91. The quantitative estimate of drug-likeness (QED) is 0.933. The van der Waals surface area contributed by atoms with E-state index in [2.05, 4.69) is 10.3 Å². The van der Waals surface area contributed by atoms with Crippen molar-refractivity contribution in [2.75, 3.05) is 5.32 Å². The predicted octanol–water partition coefficient (Wildman–Crippen LogP) is 3.02. The Morgan fingerprint density at radius 1 is 1.20 bits per heavy atom. The maximum atomic E-state index is 12.9. The molecular formula is C20H23N3O2.